The first kappa shape index (κ1) is 7.05. The highest BCUT2D eigenvalue weighted by Crippen LogP contribution is 1.83. The van der Waals surface area contributed by atoms with Crippen LogP contribution >= 0.6 is 0 Å². The maximum Gasteiger partial charge on any atom is 0.0851 e. The molecule has 0 aliphatic heterocycles. The second kappa shape index (κ2) is 2.38. The van der Waals surface area contributed by atoms with Crippen LogP contribution in [-0.4, -0.2) is 39.8 Å². The Labute approximate surface area is 46.1 Å². The van der Waals surface area contributed by atoms with Gasteiger partial charge in [-0.2, -0.15) is 0 Å². The van der Waals surface area contributed by atoms with Crippen LogP contribution < -0.4 is 5.32 Å². The molecule has 0 unspecified atom stereocenters. The molecule has 0 aromatic rings. The zero-order valence-electron chi connectivity index (χ0n) is 4.31. The van der Waals surface area contributed by atoms with E-state index >= 15 is 0 Å². The molecule has 0 aliphatic carbocycles. The summed E-state index contributed by atoms with van der Waals surface area (Å²) in [6, 6.07) is 0. The molecular weight excluding hydrogens is 87.7 g/mol. The van der Waals surface area contributed by atoms with Crippen LogP contribution in [0.2, 0.25) is 0 Å². The zero-order chi connectivity index (χ0) is 5.91. The summed E-state index contributed by atoms with van der Waals surface area (Å²) in [6.07, 6.45) is 0. The molecule has 0 amide bonds. The molecule has 0 fully saturated rings. The van der Waals surface area contributed by atoms with E-state index in [-0.39, 0.29) is 6.61 Å². The number of hydrogen-bond donors (Lipinski definition) is 2. The van der Waals surface area contributed by atoms with Crippen LogP contribution in [0, 0.1) is 0 Å². The molecule has 0 aromatic carbocycles. The van der Waals surface area contributed by atoms with Crippen molar-refractivity contribution in [1.29, 1.82) is 0 Å². The third kappa shape index (κ3) is 2.71. The lowest BCUT2D eigenvalue weighted by atomic mass is 9.63. The predicted molar refractivity (Wildman–Crippen MR) is 30.4 cm³/mol. The minimum Gasteiger partial charge on any atom is -0.396 e. The lowest BCUT2D eigenvalue weighted by Crippen LogP contribution is -2.47. The molecule has 7 heavy (non-hydrogen) atoms. The zero-order valence-corrected chi connectivity index (χ0v) is 4.31. The van der Waals surface area contributed by atoms with Gasteiger partial charge in [-0.15, -0.1) is 0 Å². The average Bonchev–Trinajstić information content (AvgIpc) is 1.68. The molecule has 36 valence electrons. The van der Waals surface area contributed by atoms with E-state index in [0.29, 0.717) is 0 Å². The third-order valence-electron chi connectivity index (χ3n) is 0.727. The number of aliphatic hydroxyl groups is 1. The molecule has 4 radical (unpaired) electrons. The Bertz CT molecular complexity index is 50.9. The summed E-state index contributed by atoms with van der Waals surface area (Å²) in [6.45, 7) is -0.260. The summed E-state index contributed by atoms with van der Waals surface area (Å²) in [5.41, 5.74) is 0. The number of aliphatic hydroxyl groups excluding tert-OH is 1. The Hall–Kier alpha value is 0.0499. The van der Waals surface area contributed by atoms with E-state index in [1.54, 1.807) is 7.05 Å². The fourth-order valence-electron chi connectivity index (χ4n) is 0.0791. The average molecular weight is 94.7 g/mol. The van der Waals surface area contributed by atoms with Crippen LogP contribution in [0.1, 0.15) is 0 Å². The molecule has 0 heterocycles. The van der Waals surface area contributed by atoms with Crippen molar-refractivity contribution in [1.82, 2.24) is 5.32 Å². The summed E-state index contributed by atoms with van der Waals surface area (Å²) in [7, 11) is 11.8. The van der Waals surface area contributed by atoms with Gasteiger partial charge in [0.1, 0.15) is 0 Å². The van der Waals surface area contributed by atoms with Crippen molar-refractivity contribution >= 4 is 15.7 Å². The molecule has 0 aliphatic rings. The van der Waals surface area contributed by atoms with E-state index in [1.165, 1.54) is 0 Å². The molecule has 0 aromatic heterocycles. The van der Waals surface area contributed by atoms with Crippen LogP contribution in [0.4, 0.5) is 0 Å². The number of nitrogens with one attached hydrogen (secondary N) is 1. The van der Waals surface area contributed by atoms with E-state index in [0.717, 1.165) is 0 Å². The van der Waals surface area contributed by atoms with Gasteiger partial charge in [-0.1, -0.05) is 0 Å². The van der Waals surface area contributed by atoms with Gasteiger partial charge in [0.05, 0.1) is 15.7 Å². The highest BCUT2D eigenvalue weighted by Gasteiger charge is 2.09. The van der Waals surface area contributed by atoms with Crippen LogP contribution in [-0.2, 0) is 0 Å². The molecule has 0 saturated carbocycles. The molecule has 0 rings (SSSR count). The summed E-state index contributed by atoms with van der Waals surface area (Å²) in [4.78, 5) is 0. The molecule has 2 N–H and O–H groups in total. The normalized spacial score (nSPS) is 11.7. The fraction of sp³-hybridized carbons (Fsp3) is 1.00. The van der Waals surface area contributed by atoms with Gasteiger partial charge in [0.25, 0.3) is 0 Å². The minimum atomic E-state index is -1.11. The highest BCUT2D eigenvalue weighted by atomic mass is 16.3. The van der Waals surface area contributed by atoms with Gasteiger partial charge in [-0.3, -0.25) is 0 Å². The van der Waals surface area contributed by atoms with Crippen molar-refractivity contribution in [2.45, 2.75) is 5.34 Å². The summed E-state index contributed by atoms with van der Waals surface area (Å²) in [5.74, 6) is 0. The fourth-order valence-corrected chi connectivity index (χ4v) is 0.0791. The van der Waals surface area contributed by atoms with Gasteiger partial charge in [-0.05, 0) is 12.4 Å². The van der Waals surface area contributed by atoms with Gasteiger partial charge in [-0.25, -0.2) is 0 Å². The van der Waals surface area contributed by atoms with Gasteiger partial charge in [0, 0.05) is 6.61 Å². The van der Waals surface area contributed by atoms with Crippen molar-refractivity contribution in [2.24, 2.45) is 0 Å². The van der Waals surface area contributed by atoms with Crippen LogP contribution in [0.25, 0.3) is 0 Å². The Morgan fingerprint density at radius 1 is 1.71 bits per heavy atom. The maximum absolute atomic E-state index is 8.28. The van der Waals surface area contributed by atoms with Crippen LogP contribution in [0.15, 0.2) is 0 Å². The molecule has 0 bridgehead atoms. The SMILES string of the molecule is [B]C([B])(CO)NC. The Kier molecular flexibility index (Phi) is 2.40. The topological polar surface area (TPSA) is 32.3 Å². The Balaban J connectivity index is 3.36. The molecule has 2 nitrogen and oxygen atoms in total. The van der Waals surface area contributed by atoms with Crippen LogP contribution in [0.3, 0.4) is 0 Å². The van der Waals surface area contributed by atoms with Crippen LogP contribution in [0.5, 0.6) is 0 Å². The van der Waals surface area contributed by atoms with Crippen molar-refractivity contribution in [2.75, 3.05) is 13.7 Å². The van der Waals surface area contributed by atoms with E-state index in [2.05, 4.69) is 5.32 Å². The number of likely N-dealkylation sites (N-methyl/N-ethyl adjacent to an activating group) is 1. The van der Waals surface area contributed by atoms with Crippen molar-refractivity contribution < 1.29 is 5.11 Å². The summed E-state index contributed by atoms with van der Waals surface area (Å²) < 4.78 is 0. The number of hydrogen-bond acceptors (Lipinski definition) is 2. The first-order valence-corrected chi connectivity index (χ1v) is 2.00. The molecule has 4 heteroatoms. The smallest absolute Gasteiger partial charge is 0.0851 e. The van der Waals surface area contributed by atoms with E-state index < -0.39 is 5.34 Å². The van der Waals surface area contributed by atoms with Gasteiger partial charge < -0.3 is 10.4 Å². The van der Waals surface area contributed by atoms with Gasteiger partial charge in [0.2, 0.25) is 0 Å². The monoisotopic (exact) mass is 95.1 g/mol. The predicted octanol–water partition coefficient (Wildman–Crippen LogP) is -1.81. The van der Waals surface area contributed by atoms with Crippen molar-refractivity contribution in [3.05, 3.63) is 0 Å². The van der Waals surface area contributed by atoms with Crippen molar-refractivity contribution in [3.8, 4) is 0 Å². The lowest BCUT2D eigenvalue weighted by molar-refractivity contribution is 0.266. The highest BCUT2D eigenvalue weighted by molar-refractivity contribution is 6.40. The second-order valence-electron chi connectivity index (χ2n) is 1.45. The Morgan fingerprint density at radius 3 is 2.14 bits per heavy atom. The van der Waals surface area contributed by atoms with Gasteiger partial charge >= 0.3 is 0 Å². The van der Waals surface area contributed by atoms with E-state index in [1.807, 2.05) is 0 Å². The minimum absolute atomic E-state index is 0.260. The van der Waals surface area contributed by atoms with E-state index in [4.69, 9.17) is 20.8 Å². The lowest BCUT2D eigenvalue weighted by Gasteiger charge is -2.20. The summed E-state index contributed by atoms with van der Waals surface area (Å²) in [5, 5.41) is 9.67. The molecule has 0 saturated heterocycles. The third-order valence-corrected chi connectivity index (χ3v) is 0.727. The first-order valence-electron chi connectivity index (χ1n) is 2.00. The molecule has 0 spiro atoms. The van der Waals surface area contributed by atoms with Crippen molar-refractivity contribution in [3.63, 3.8) is 0 Å². The standard InChI is InChI=1S/C3H7B2NO/c1-6-3(4,5)2-7/h6-7H,2H2,1H3. The maximum atomic E-state index is 8.28. The largest absolute Gasteiger partial charge is 0.396 e. The first-order chi connectivity index (χ1) is 3.12. The van der Waals surface area contributed by atoms with E-state index in [9.17, 15) is 0 Å². The molecule has 0 atom stereocenters. The number of rotatable bonds is 2. The second-order valence-corrected chi connectivity index (χ2v) is 1.45. The summed E-state index contributed by atoms with van der Waals surface area (Å²) >= 11 is 0. The van der Waals surface area contributed by atoms with Gasteiger partial charge in [0.15, 0.2) is 0 Å². The quantitative estimate of drug-likeness (QED) is 0.396. The Morgan fingerprint density at radius 2 is 2.14 bits per heavy atom. The molecular formula is C3H7B2NO.